The third-order valence-electron chi connectivity index (χ3n) is 3.27. The van der Waals surface area contributed by atoms with Crippen LogP contribution in [0.15, 0.2) is 47.2 Å². The van der Waals surface area contributed by atoms with Gasteiger partial charge in [-0.15, -0.1) is 0 Å². The van der Waals surface area contributed by atoms with Crippen LogP contribution >= 0.6 is 15.9 Å². The summed E-state index contributed by atoms with van der Waals surface area (Å²) in [5.41, 5.74) is 5.90. The smallest absolute Gasteiger partial charge is 0.100 e. The highest BCUT2D eigenvalue weighted by molar-refractivity contribution is 9.10. The standard InChI is InChI=1S/C15H13BrN2/c1-10-7-14-15(8-11(10)2)18(9-17-14)13-5-3-12(16)4-6-13/h3-9H,1-2H3. The van der Waals surface area contributed by atoms with Crippen LogP contribution < -0.4 is 0 Å². The Morgan fingerprint density at radius 3 is 2.39 bits per heavy atom. The fourth-order valence-electron chi connectivity index (χ4n) is 2.07. The molecule has 1 aromatic heterocycles. The van der Waals surface area contributed by atoms with Gasteiger partial charge in [-0.1, -0.05) is 15.9 Å². The first-order valence-corrected chi connectivity index (χ1v) is 6.65. The zero-order valence-corrected chi connectivity index (χ0v) is 11.9. The zero-order chi connectivity index (χ0) is 12.7. The van der Waals surface area contributed by atoms with Crippen LogP contribution in [0.2, 0.25) is 0 Å². The van der Waals surface area contributed by atoms with Gasteiger partial charge in [0.05, 0.1) is 11.0 Å². The number of hydrogen-bond acceptors (Lipinski definition) is 1. The van der Waals surface area contributed by atoms with E-state index in [9.17, 15) is 0 Å². The Morgan fingerprint density at radius 2 is 1.67 bits per heavy atom. The Bertz CT molecular complexity index is 711. The Kier molecular flexibility index (Phi) is 2.71. The van der Waals surface area contributed by atoms with Gasteiger partial charge in [-0.3, -0.25) is 4.57 Å². The third kappa shape index (κ3) is 1.85. The highest BCUT2D eigenvalue weighted by atomic mass is 79.9. The first kappa shape index (κ1) is 11.5. The van der Waals surface area contributed by atoms with Crippen molar-refractivity contribution in [1.29, 1.82) is 0 Å². The number of aryl methyl sites for hydroxylation is 2. The summed E-state index contributed by atoms with van der Waals surface area (Å²) >= 11 is 3.45. The largest absolute Gasteiger partial charge is 0.299 e. The van der Waals surface area contributed by atoms with Crippen LogP contribution in [-0.2, 0) is 0 Å². The highest BCUT2D eigenvalue weighted by Crippen LogP contribution is 2.22. The van der Waals surface area contributed by atoms with Gasteiger partial charge >= 0.3 is 0 Å². The molecular weight excluding hydrogens is 288 g/mol. The monoisotopic (exact) mass is 300 g/mol. The van der Waals surface area contributed by atoms with Crippen molar-refractivity contribution < 1.29 is 0 Å². The fourth-order valence-corrected chi connectivity index (χ4v) is 2.34. The van der Waals surface area contributed by atoms with Gasteiger partial charge in [-0.05, 0) is 61.4 Å². The molecule has 3 aromatic rings. The van der Waals surface area contributed by atoms with Crippen LogP contribution in [0.4, 0.5) is 0 Å². The number of rotatable bonds is 1. The van der Waals surface area contributed by atoms with Gasteiger partial charge in [-0.2, -0.15) is 0 Å². The minimum atomic E-state index is 1.04. The predicted octanol–water partition coefficient (Wildman–Crippen LogP) is 4.40. The van der Waals surface area contributed by atoms with E-state index >= 15 is 0 Å². The second kappa shape index (κ2) is 4.25. The van der Waals surface area contributed by atoms with E-state index < -0.39 is 0 Å². The van der Waals surface area contributed by atoms with Crippen molar-refractivity contribution in [3.63, 3.8) is 0 Å². The summed E-state index contributed by atoms with van der Waals surface area (Å²) in [6.07, 6.45) is 1.88. The normalized spacial score (nSPS) is 11.1. The SMILES string of the molecule is Cc1cc2ncn(-c3ccc(Br)cc3)c2cc1C. The Labute approximate surface area is 114 Å². The third-order valence-corrected chi connectivity index (χ3v) is 3.80. The first-order chi connectivity index (χ1) is 8.65. The molecule has 2 aromatic carbocycles. The average molecular weight is 301 g/mol. The zero-order valence-electron chi connectivity index (χ0n) is 10.3. The molecule has 0 radical (unpaired) electrons. The number of hydrogen-bond donors (Lipinski definition) is 0. The number of benzene rings is 2. The molecule has 0 bridgehead atoms. The number of fused-ring (bicyclic) bond motifs is 1. The molecule has 0 saturated heterocycles. The second-order valence-electron chi connectivity index (χ2n) is 4.52. The van der Waals surface area contributed by atoms with Crippen LogP contribution in [0.1, 0.15) is 11.1 Å². The Morgan fingerprint density at radius 1 is 1.00 bits per heavy atom. The van der Waals surface area contributed by atoms with E-state index in [-0.39, 0.29) is 0 Å². The average Bonchev–Trinajstić information content (AvgIpc) is 2.74. The molecule has 0 aliphatic heterocycles. The number of halogens is 1. The number of nitrogens with zero attached hydrogens (tertiary/aromatic N) is 2. The van der Waals surface area contributed by atoms with Gasteiger partial charge in [0.2, 0.25) is 0 Å². The van der Waals surface area contributed by atoms with Gasteiger partial charge in [0.1, 0.15) is 6.33 Å². The van der Waals surface area contributed by atoms with E-state index in [1.807, 2.05) is 18.5 Å². The lowest BCUT2D eigenvalue weighted by atomic mass is 10.1. The lowest BCUT2D eigenvalue weighted by Crippen LogP contribution is -1.92. The van der Waals surface area contributed by atoms with E-state index in [0.717, 1.165) is 21.2 Å². The van der Waals surface area contributed by atoms with E-state index in [1.165, 1.54) is 11.1 Å². The van der Waals surface area contributed by atoms with Gasteiger partial charge in [0, 0.05) is 10.2 Å². The predicted molar refractivity (Wildman–Crippen MR) is 78.2 cm³/mol. The summed E-state index contributed by atoms with van der Waals surface area (Å²) in [6.45, 7) is 4.25. The molecular formula is C15H13BrN2. The maximum atomic E-state index is 4.47. The molecule has 2 nitrogen and oxygen atoms in total. The summed E-state index contributed by atoms with van der Waals surface area (Å²) in [7, 11) is 0. The summed E-state index contributed by atoms with van der Waals surface area (Å²) in [6, 6.07) is 12.6. The topological polar surface area (TPSA) is 17.8 Å². The number of aromatic nitrogens is 2. The highest BCUT2D eigenvalue weighted by Gasteiger charge is 2.06. The van der Waals surface area contributed by atoms with Gasteiger partial charge < -0.3 is 0 Å². The van der Waals surface area contributed by atoms with Crippen molar-refractivity contribution in [1.82, 2.24) is 9.55 Å². The Balaban J connectivity index is 2.23. The quantitative estimate of drug-likeness (QED) is 0.651. The van der Waals surface area contributed by atoms with Crippen LogP contribution in [0.25, 0.3) is 16.7 Å². The molecule has 0 spiro atoms. The molecule has 3 rings (SSSR count). The van der Waals surface area contributed by atoms with Crippen LogP contribution in [0.5, 0.6) is 0 Å². The molecule has 18 heavy (non-hydrogen) atoms. The second-order valence-corrected chi connectivity index (χ2v) is 5.43. The molecule has 0 N–H and O–H groups in total. The summed E-state index contributed by atoms with van der Waals surface area (Å²) in [5.74, 6) is 0. The van der Waals surface area contributed by atoms with Crippen molar-refractivity contribution in [2.45, 2.75) is 13.8 Å². The molecule has 1 heterocycles. The minimum absolute atomic E-state index is 1.04. The minimum Gasteiger partial charge on any atom is -0.299 e. The maximum absolute atomic E-state index is 4.47. The molecule has 0 unspecified atom stereocenters. The van der Waals surface area contributed by atoms with Crippen LogP contribution in [0.3, 0.4) is 0 Å². The van der Waals surface area contributed by atoms with E-state index in [2.05, 4.69) is 63.6 Å². The summed E-state index contributed by atoms with van der Waals surface area (Å²) in [5, 5.41) is 0. The lowest BCUT2D eigenvalue weighted by molar-refractivity contribution is 1.09. The van der Waals surface area contributed by atoms with Crippen molar-refractivity contribution in [2.24, 2.45) is 0 Å². The van der Waals surface area contributed by atoms with E-state index in [1.54, 1.807) is 0 Å². The molecule has 0 fully saturated rings. The van der Waals surface area contributed by atoms with Crippen LogP contribution in [0, 0.1) is 13.8 Å². The molecule has 0 amide bonds. The van der Waals surface area contributed by atoms with Crippen LogP contribution in [-0.4, -0.2) is 9.55 Å². The van der Waals surface area contributed by atoms with Gasteiger partial charge in [0.15, 0.2) is 0 Å². The van der Waals surface area contributed by atoms with Gasteiger partial charge in [0.25, 0.3) is 0 Å². The Hall–Kier alpha value is -1.61. The summed E-state index contributed by atoms with van der Waals surface area (Å²) < 4.78 is 3.21. The maximum Gasteiger partial charge on any atom is 0.100 e. The van der Waals surface area contributed by atoms with Crippen molar-refractivity contribution in [3.8, 4) is 5.69 Å². The summed E-state index contributed by atoms with van der Waals surface area (Å²) in [4.78, 5) is 4.47. The number of imidazole rings is 1. The fraction of sp³-hybridized carbons (Fsp3) is 0.133. The van der Waals surface area contributed by atoms with Crippen molar-refractivity contribution in [3.05, 3.63) is 58.3 Å². The first-order valence-electron chi connectivity index (χ1n) is 5.85. The molecule has 0 aliphatic rings. The molecule has 0 aliphatic carbocycles. The van der Waals surface area contributed by atoms with Crippen molar-refractivity contribution in [2.75, 3.05) is 0 Å². The molecule has 90 valence electrons. The van der Waals surface area contributed by atoms with E-state index in [0.29, 0.717) is 0 Å². The molecule has 3 heteroatoms. The lowest BCUT2D eigenvalue weighted by Gasteiger charge is -2.06. The van der Waals surface area contributed by atoms with Gasteiger partial charge in [-0.25, -0.2) is 4.98 Å². The van der Waals surface area contributed by atoms with E-state index in [4.69, 9.17) is 0 Å². The molecule has 0 atom stereocenters. The molecule has 0 saturated carbocycles. The van der Waals surface area contributed by atoms with Crippen molar-refractivity contribution >= 4 is 27.0 Å².